The van der Waals surface area contributed by atoms with E-state index >= 15 is 0 Å². The molecular formula is C8H14N6O2. The van der Waals surface area contributed by atoms with Gasteiger partial charge in [-0.25, -0.2) is 4.98 Å². The summed E-state index contributed by atoms with van der Waals surface area (Å²) in [6.07, 6.45) is 1.35. The van der Waals surface area contributed by atoms with Crippen molar-refractivity contribution in [2.24, 2.45) is 16.8 Å². The lowest BCUT2D eigenvalue weighted by Gasteiger charge is -2.14. The fraction of sp³-hybridized carbons (Fsp3) is 0.500. The van der Waals surface area contributed by atoms with Gasteiger partial charge in [-0.3, -0.25) is 9.89 Å². The standard InChI is InChI=1S/C8H14N6O2/c1-4(6(9)14-16)8(15)12-5(2)7-10-3-11-13-7/h3-5,16H,1-2H3,(H2,9,14)(H,12,15)(H,10,11,13). The molecule has 0 bridgehead atoms. The average Bonchev–Trinajstić information content (AvgIpc) is 2.80. The van der Waals surface area contributed by atoms with Crippen LogP contribution in [0.25, 0.3) is 0 Å². The van der Waals surface area contributed by atoms with Crippen LogP contribution in [0.4, 0.5) is 0 Å². The van der Waals surface area contributed by atoms with Gasteiger partial charge in [0.2, 0.25) is 5.91 Å². The number of aromatic amines is 1. The van der Waals surface area contributed by atoms with E-state index in [9.17, 15) is 4.79 Å². The van der Waals surface area contributed by atoms with E-state index in [0.717, 1.165) is 0 Å². The summed E-state index contributed by atoms with van der Waals surface area (Å²) in [5.74, 6) is -0.642. The molecule has 0 aliphatic heterocycles. The van der Waals surface area contributed by atoms with Gasteiger partial charge in [0, 0.05) is 0 Å². The summed E-state index contributed by atoms with van der Waals surface area (Å²) >= 11 is 0. The summed E-state index contributed by atoms with van der Waals surface area (Å²) in [5, 5.41) is 20.2. The fourth-order valence-electron chi connectivity index (χ4n) is 1.05. The third-order valence-corrected chi connectivity index (χ3v) is 2.15. The highest BCUT2D eigenvalue weighted by Crippen LogP contribution is 2.06. The Bertz CT molecular complexity index is 374. The van der Waals surface area contributed by atoms with Crippen molar-refractivity contribution in [2.45, 2.75) is 19.9 Å². The van der Waals surface area contributed by atoms with Crippen molar-refractivity contribution in [2.75, 3.05) is 0 Å². The molecule has 0 fully saturated rings. The predicted molar refractivity (Wildman–Crippen MR) is 55.5 cm³/mol. The quantitative estimate of drug-likeness (QED) is 0.235. The number of oxime groups is 1. The van der Waals surface area contributed by atoms with Crippen molar-refractivity contribution in [3.05, 3.63) is 12.2 Å². The molecule has 1 aromatic heterocycles. The lowest BCUT2D eigenvalue weighted by molar-refractivity contribution is -0.123. The van der Waals surface area contributed by atoms with Crippen LogP contribution in [-0.2, 0) is 4.79 Å². The highest BCUT2D eigenvalue weighted by molar-refractivity contribution is 6.01. The third kappa shape index (κ3) is 2.69. The summed E-state index contributed by atoms with van der Waals surface area (Å²) < 4.78 is 0. The summed E-state index contributed by atoms with van der Waals surface area (Å²) in [5.41, 5.74) is 5.32. The SMILES string of the molecule is CC(C(=O)NC(C)c1ncn[nH]1)C(N)=NO. The molecule has 0 spiro atoms. The lowest BCUT2D eigenvalue weighted by atomic mass is 10.1. The Hall–Kier alpha value is -2.12. The maximum atomic E-state index is 11.6. The molecule has 5 N–H and O–H groups in total. The molecule has 1 amide bonds. The Morgan fingerprint density at radius 2 is 2.38 bits per heavy atom. The van der Waals surface area contributed by atoms with Gasteiger partial charge < -0.3 is 16.3 Å². The molecule has 0 aliphatic carbocycles. The molecule has 0 saturated carbocycles. The molecule has 2 atom stereocenters. The first-order chi connectivity index (χ1) is 7.56. The van der Waals surface area contributed by atoms with Gasteiger partial charge in [0.1, 0.15) is 12.2 Å². The molecular weight excluding hydrogens is 212 g/mol. The third-order valence-electron chi connectivity index (χ3n) is 2.15. The molecule has 16 heavy (non-hydrogen) atoms. The predicted octanol–water partition coefficient (Wildman–Crippen LogP) is -0.636. The molecule has 8 nitrogen and oxygen atoms in total. The average molecular weight is 226 g/mol. The second-order valence-electron chi connectivity index (χ2n) is 3.35. The molecule has 0 aliphatic rings. The number of carbonyl (C=O) groups is 1. The van der Waals surface area contributed by atoms with Crippen molar-refractivity contribution in [3.63, 3.8) is 0 Å². The molecule has 0 saturated heterocycles. The van der Waals surface area contributed by atoms with E-state index in [0.29, 0.717) is 5.82 Å². The maximum absolute atomic E-state index is 11.6. The smallest absolute Gasteiger partial charge is 0.231 e. The molecule has 1 aromatic rings. The topological polar surface area (TPSA) is 129 Å². The fourth-order valence-corrected chi connectivity index (χ4v) is 1.05. The van der Waals surface area contributed by atoms with Crippen LogP contribution in [0.3, 0.4) is 0 Å². The van der Waals surface area contributed by atoms with Gasteiger partial charge in [0.15, 0.2) is 5.84 Å². The van der Waals surface area contributed by atoms with Crippen LogP contribution < -0.4 is 11.1 Å². The number of rotatable bonds is 4. The van der Waals surface area contributed by atoms with Gasteiger partial charge in [0.25, 0.3) is 0 Å². The Kier molecular flexibility index (Phi) is 3.81. The van der Waals surface area contributed by atoms with Crippen molar-refractivity contribution < 1.29 is 10.0 Å². The van der Waals surface area contributed by atoms with E-state index in [1.54, 1.807) is 6.92 Å². The maximum Gasteiger partial charge on any atom is 0.231 e. The first-order valence-corrected chi connectivity index (χ1v) is 4.69. The van der Waals surface area contributed by atoms with Crippen LogP contribution >= 0.6 is 0 Å². The molecule has 8 heteroatoms. The first kappa shape index (κ1) is 12.0. The highest BCUT2D eigenvalue weighted by Gasteiger charge is 2.20. The van der Waals surface area contributed by atoms with Crippen LogP contribution in [0, 0.1) is 5.92 Å². The summed E-state index contributed by atoms with van der Waals surface area (Å²) in [7, 11) is 0. The Labute approximate surface area is 91.9 Å². The molecule has 0 radical (unpaired) electrons. The van der Waals surface area contributed by atoms with Gasteiger partial charge in [-0.2, -0.15) is 5.10 Å². The monoisotopic (exact) mass is 226 g/mol. The van der Waals surface area contributed by atoms with Crippen molar-refractivity contribution in [1.82, 2.24) is 20.5 Å². The Balaban J connectivity index is 2.58. The lowest BCUT2D eigenvalue weighted by Crippen LogP contribution is -2.38. The molecule has 1 rings (SSSR count). The van der Waals surface area contributed by atoms with Gasteiger partial charge in [-0.15, -0.1) is 0 Å². The minimum absolute atomic E-state index is 0.137. The van der Waals surface area contributed by atoms with Crippen LogP contribution in [0.2, 0.25) is 0 Å². The van der Waals surface area contributed by atoms with Crippen LogP contribution in [0.5, 0.6) is 0 Å². The van der Waals surface area contributed by atoms with Gasteiger partial charge in [-0.1, -0.05) is 5.16 Å². The summed E-state index contributed by atoms with van der Waals surface area (Å²) in [6, 6.07) is -0.316. The van der Waals surface area contributed by atoms with E-state index in [4.69, 9.17) is 10.9 Å². The van der Waals surface area contributed by atoms with Crippen molar-refractivity contribution in [1.29, 1.82) is 0 Å². The van der Waals surface area contributed by atoms with Gasteiger partial charge in [0.05, 0.1) is 12.0 Å². The number of H-pyrrole nitrogens is 1. The van der Waals surface area contributed by atoms with Crippen molar-refractivity contribution in [3.8, 4) is 0 Å². The van der Waals surface area contributed by atoms with E-state index < -0.39 is 5.92 Å². The van der Waals surface area contributed by atoms with E-state index in [1.165, 1.54) is 13.3 Å². The number of amides is 1. The number of hydrogen-bond acceptors (Lipinski definition) is 5. The zero-order valence-corrected chi connectivity index (χ0v) is 9.01. The zero-order chi connectivity index (χ0) is 12.1. The minimum Gasteiger partial charge on any atom is -0.409 e. The number of nitrogens with zero attached hydrogens (tertiary/aromatic N) is 3. The first-order valence-electron chi connectivity index (χ1n) is 4.69. The molecule has 0 aromatic carbocycles. The number of nitrogens with two attached hydrogens (primary N) is 1. The van der Waals surface area contributed by atoms with E-state index in [2.05, 4.69) is 25.7 Å². The zero-order valence-electron chi connectivity index (χ0n) is 9.01. The number of carbonyl (C=O) groups excluding carboxylic acids is 1. The second-order valence-corrected chi connectivity index (χ2v) is 3.35. The number of hydrogen-bond donors (Lipinski definition) is 4. The Morgan fingerprint density at radius 3 is 2.88 bits per heavy atom. The van der Waals surface area contributed by atoms with Crippen LogP contribution in [-0.4, -0.2) is 32.1 Å². The second kappa shape index (κ2) is 5.10. The highest BCUT2D eigenvalue weighted by atomic mass is 16.4. The number of amidine groups is 1. The summed E-state index contributed by atoms with van der Waals surface area (Å²) in [4.78, 5) is 15.5. The number of nitrogens with one attached hydrogen (secondary N) is 2. The van der Waals surface area contributed by atoms with E-state index in [1.807, 2.05) is 0 Å². The largest absolute Gasteiger partial charge is 0.409 e. The van der Waals surface area contributed by atoms with Gasteiger partial charge in [-0.05, 0) is 13.8 Å². The van der Waals surface area contributed by atoms with Crippen molar-refractivity contribution >= 4 is 11.7 Å². The van der Waals surface area contributed by atoms with E-state index in [-0.39, 0.29) is 17.8 Å². The number of aromatic nitrogens is 3. The molecule has 2 unspecified atom stereocenters. The van der Waals surface area contributed by atoms with Crippen LogP contribution in [0.1, 0.15) is 25.7 Å². The molecule has 88 valence electrons. The minimum atomic E-state index is -0.699. The molecule has 1 heterocycles. The Morgan fingerprint density at radius 1 is 1.69 bits per heavy atom. The van der Waals surface area contributed by atoms with Crippen LogP contribution in [0.15, 0.2) is 11.5 Å². The van der Waals surface area contributed by atoms with Gasteiger partial charge >= 0.3 is 0 Å². The summed E-state index contributed by atoms with van der Waals surface area (Å²) in [6.45, 7) is 3.29. The normalized spacial score (nSPS) is 15.5.